The van der Waals surface area contributed by atoms with Gasteiger partial charge in [0, 0.05) is 13.1 Å². The van der Waals surface area contributed by atoms with Crippen molar-refractivity contribution in [2.75, 3.05) is 13.1 Å². The van der Waals surface area contributed by atoms with Gasteiger partial charge in [0.2, 0.25) is 10.0 Å². The summed E-state index contributed by atoms with van der Waals surface area (Å²) in [5, 5.41) is 18.8. The van der Waals surface area contributed by atoms with E-state index in [1.165, 1.54) is 13.8 Å². The summed E-state index contributed by atoms with van der Waals surface area (Å²) in [6.07, 6.45) is 0. The number of aliphatic hydroxyl groups is 1. The topological polar surface area (TPSA) is 94.9 Å². The molecule has 1 rings (SSSR count). The number of carboxylic acid groups (broad SMARTS) is 1. The van der Waals surface area contributed by atoms with Crippen LogP contribution < -0.4 is 0 Å². The summed E-state index contributed by atoms with van der Waals surface area (Å²) in [4.78, 5) is 10.5. The number of benzene rings is 1. The van der Waals surface area contributed by atoms with E-state index in [0.29, 0.717) is 6.07 Å². The van der Waals surface area contributed by atoms with Crippen molar-refractivity contribution in [1.29, 1.82) is 0 Å². The van der Waals surface area contributed by atoms with Crippen LogP contribution in [-0.2, 0) is 10.0 Å². The molecule has 0 atom stereocenters. The number of hydrogen-bond acceptors (Lipinski definition) is 4. The Labute approximate surface area is 122 Å². The first-order valence-electron chi connectivity index (χ1n) is 6.24. The van der Waals surface area contributed by atoms with Crippen molar-refractivity contribution in [2.24, 2.45) is 0 Å². The second-order valence-electron chi connectivity index (χ2n) is 5.19. The Hall–Kier alpha value is -1.51. The third-order valence-corrected chi connectivity index (χ3v) is 4.67. The van der Waals surface area contributed by atoms with Crippen molar-refractivity contribution in [2.45, 2.75) is 31.3 Å². The molecule has 0 saturated carbocycles. The fourth-order valence-electron chi connectivity index (χ4n) is 1.82. The van der Waals surface area contributed by atoms with Gasteiger partial charge in [-0.1, -0.05) is 6.92 Å². The normalized spacial score (nSPS) is 12.7. The number of nitrogens with zero attached hydrogens (tertiary/aromatic N) is 1. The summed E-state index contributed by atoms with van der Waals surface area (Å²) in [5.74, 6) is -2.31. The van der Waals surface area contributed by atoms with E-state index in [9.17, 15) is 22.7 Å². The van der Waals surface area contributed by atoms with Crippen LogP contribution in [0.5, 0.6) is 0 Å². The van der Waals surface area contributed by atoms with Crippen molar-refractivity contribution in [3.05, 3.63) is 29.6 Å². The van der Waals surface area contributed by atoms with E-state index in [4.69, 9.17) is 5.11 Å². The zero-order valence-corrected chi connectivity index (χ0v) is 12.8. The molecule has 0 aromatic heterocycles. The average molecular weight is 319 g/mol. The molecular weight excluding hydrogens is 301 g/mol. The number of carbonyl (C=O) groups is 1. The van der Waals surface area contributed by atoms with Gasteiger partial charge < -0.3 is 10.2 Å². The Bertz CT molecular complexity index is 636. The van der Waals surface area contributed by atoms with E-state index in [0.717, 1.165) is 16.4 Å². The molecule has 6 nitrogen and oxygen atoms in total. The minimum atomic E-state index is -4.23. The van der Waals surface area contributed by atoms with E-state index in [2.05, 4.69) is 0 Å². The molecule has 0 unspecified atom stereocenters. The van der Waals surface area contributed by atoms with Crippen LogP contribution in [0.25, 0.3) is 0 Å². The van der Waals surface area contributed by atoms with Gasteiger partial charge in [-0.3, -0.25) is 0 Å². The molecule has 0 aliphatic carbocycles. The van der Waals surface area contributed by atoms with Crippen LogP contribution in [0.15, 0.2) is 23.1 Å². The number of likely N-dealkylation sites (N-methyl/N-ethyl adjacent to an activating group) is 1. The third kappa shape index (κ3) is 4.23. The molecular formula is C13H18FNO5S. The van der Waals surface area contributed by atoms with Crippen molar-refractivity contribution < 1.29 is 27.8 Å². The monoisotopic (exact) mass is 319 g/mol. The lowest BCUT2D eigenvalue weighted by molar-refractivity contribution is 0.0601. The van der Waals surface area contributed by atoms with Crippen molar-refractivity contribution in [3.63, 3.8) is 0 Å². The molecule has 0 aliphatic heterocycles. The summed E-state index contributed by atoms with van der Waals surface area (Å²) in [6.45, 7) is 4.18. The van der Waals surface area contributed by atoms with E-state index < -0.39 is 37.9 Å². The Morgan fingerprint density at radius 3 is 2.38 bits per heavy atom. The summed E-state index contributed by atoms with van der Waals surface area (Å²) >= 11 is 0. The van der Waals surface area contributed by atoms with Crippen LogP contribution in [0.4, 0.5) is 4.39 Å². The maximum absolute atomic E-state index is 13.3. The lowest BCUT2D eigenvalue weighted by Gasteiger charge is -2.27. The Kier molecular flexibility index (Phi) is 5.08. The fraction of sp³-hybridized carbons (Fsp3) is 0.462. The largest absolute Gasteiger partial charge is 0.478 e. The van der Waals surface area contributed by atoms with Crippen LogP contribution >= 0.6 is 0 Å². The van der Waals surface area contributed by atoms with E-state index in [1.54, 1.807) is 6.92 Å². The molecule has 8 heteroatoms. The van der Waals surface area contributed by atoms with Crippen molar-refractivity contribution in [1.82, 2.24) is 4.31 Å². The summed E-state index contributed by atoms with van der Waals surface area (Å²) in [6, 6.07) is 2.46. The molecule has 0 spiro atoms. The molecule has 2 N–H and O–H groups in total. The van der Waals surface area contributed by atoms with Gasteiger partial charge in [0.25, 0.3) is 0 Å². The predicted octanol–water partition coefficient (Wildman–Crippen LogP) is 1.31. The molecule has 21 heavy (non-hydrogen) atoms. The van der Waals surface area contributed by atoms with Gasteiger partial charge in [-0.2, -0.15) is 4.31 Å². The standard InChI is InChI=1S/C13H18FNO5S/c1-4-15(8-13(2,3)18)21(19,20)11-7-9(14)5-6-10(11)12(16)17/h5-7,18H,4,8H2,1-3H3,(H,16,17). The van der Waals surface area contributed by atoms with Gasteiger partial charge in [-0.25, -0.2) is 17.6 Å². The molecule has 0 amide bonds. The zero-order chi connectivity index (χ0) is 16.4. The lowest BCUT2D eigenvalue weighted by Crippen LogP contribution is -2.42. The van der Waals surface area contributed by atoms with Gasteiger partial charge in [0.05, 0.1) is 16.1 Å². The maximum atomic E-state index is 13.3. The highest BCUT2D eigenvalue weighted by Gasteiger charge is 2.31. The molecule has 0 radical (unpaired) electrons. The lowest BCUT2D eigenvalue weighted by atomic mass is 10.1. The highest BCUT2D eigenvalue weighted by molar-refractivity contribution is 7.89. The van der Waals surface area contributed by atoms with Crippen molar-refractivity contribution in [3.8, 4) is 0 Å². The minimum Gasteiger partial charge on any atom is -0.478 e. The molecule has 0 aliphatic rings. The Morgan fingerprint density at radius 1 is 1.38 bits per heavy atom. The highest BCUT2D eigenvalue weighted by Crippen LogP contribution is 2.23. The number of carboxylic acids is 1. The molecule has 0 bridgehead atoms. The van der Waals surface area contributed by atoms with Gasteiger partial charge in [-0.05, 0) is 32.0 Å². The predicted molar refractivity (Wildman–Crippen MR) is 74.1 cm³/mol. The van der Waals surface area contributed by atoms with Crippen LogP contribution in [0, 0.1) is 5.82 Å². The molecule has 0 heterocycles. The highest BCUT2D eigenvalue weighted by atomic mass is 32.2. The second kappa shape index (κ2) is 6.08. The Morgan fingerprint density at radius 2 is 1.95 bits per heavy atom. The second-order valence-corrected chi connectivity index (χ2v) is 7.10. The van der Waals surface area contributed by atoms with Gasteiger partial charge in [0.1, 0.15) is 5.82 Å². The molecule has 0 saturated heterocycles. The van der Waals surface area contributed by atoms with Crippen molar-refractivity contribution >= 4 is 16.0 Å². The molecule has 0 fully saturated rings. The Balaban J connectivity index is 3.42. The average Bonchev–Trinajstić information content (AvgIpc) is 2.34. The molecule has 1 aromatic carbocycles. The quantitative estimate of drug-likeness (QED) is 0.824. The van der Waals surface area contributed by atoms with Gasteiger partial charge >= 0.3 is 5.97 Å². The summed E-state index contributed by atoms with van der Waals surface area (Å²) < 4.78 is 39.2. The first-order chi connectivity index (χ1) is 9.49. The first-order valence-corrected chi connectivity index (χ1v) is 7.68. The molecule has 1 aromatic rings. The van der Waals surface area contributed by atoms with E-state index in [1.807, 2.05) is 0 Å². The third-order valence-electron chi connectivity index (χ3n) is 2.71. The summed E-state index contributed by atoms with van der Waals surface area (Å²) in [7, 11) is -4.23. The van der Waals surface area contributed by atoms with Crippen LogP contribution in [0.3, 0.4) is 0 Å². The number of rotatable bonds is 6. The van der Waals surface area contributed by atoms with E-state index in [-0.39, 0.29) is 13.1 Å². The smallest absolute Gasteiger partial charge is 0.337 e. The zero-order valence-electron chi connectivity index (χ0n) is 12.0. The maximum Gasteiger partial charge on any atom is 0.337 e. The summed E-state index contributed by atoms with van der Waals surface area (Å²) in [5.41, 5.74) is -1.81. The van der Waals surface area contributed by atoms with E-state index >= 15 is 0 Å². The molecule has 118 valence electrons. The number of sulfonamides is 1. The number of hydrogen-bond donors (Lipinski definition) is 2. The van der Waals surface area contributed by atoms with Crippen LogP contribution in [-0.4, -0.2) is 47.6 Å². The SMILES string of the molecule is CCN(CC(C)(C)O)S(=O)(=O)c1cc(F)ccc1C(=O)O. The first kappa shape index (κ1) is 17.5. The van der Waals surface area contributed by atoms with Crippen LogP contribution in [0.2, 0.25) is 0 Å². The fourth-order valence-corrected chi connectivity index (χ4v) is 3.62. The minimum absolute atomic E-state index is 0.0158. The van der Waals surface area contributed by atoms with Gasteiger partial charge in [-0.15, -0.1) is 0 Å². The number of halogens is 1. The van der Waals surface area contributed by atoms with Gasteiger partial charge in [0.15, 0.2) is 0 Å². The number of aromatic carboxylic acids is 1. The van der Waals surface area contributed by atoms with Crippen LogP contribution in [0.1, 0.15) is 31.1 Å².